The first kappa shape index (κ1) is 12.0. The van der Waals surface area contributed by atoms with Crippen LogP contribution in [0.1, 0.15) is 22.7 Å². The van der Waals surface area contributed by atoms with Crippen molar-refractivity contribution in [3.8, 4) is 12.1 Å². The molecule has 0 bridgehead atoms. The van der Waals surface area contributed by atoms with E-state index in [4.69, 9.17) is 10.5 Å². The monoisotopic (exact) mass is 235 g/mol. The second-order valence-corrected chi connectivity index (χ2v) is 4.25. The zero-order valence-electron chi connectivity index (χ0n) is 10.1. The molecule has 0 spiro atoms. The maximum absolute atomic E-state index is 9.12. The highest BCUT2D eigenvalue weighted by Gasteiger charge is 2.25. The van der Waals surface area contributed by atoms with E-state index in [0.717, 1.165) is 16.8 Å². The van der Waals surface area contributed by atoms with Gasteiger partial charge in [-0.3, -0.25) is 0 Å². The lowest BCUT2D eigenvalue weighted by atomic mass is 9.85. The number of nitriles is 2. The van der Waals surface area contributed by atoms with E-state index in [2.05, 4.69) is 17.1 Å². The number of hydrogen-bond donors (Lipinski definition) is 1. The number of H-pyrrole nitrogens is 1. The van der Waals surface area contributed by atoms with E-state index in [1.165, 1.54) is 0 Å². The predicted molar refractivity (Wildman–Crippen MR) is 68.5 cm³/mol. The summed E-state index contributed by atoms with van der Waals surface area (Å²) < 4.78 is 0. The first-order valence-electron chi connectivity index (χ1n) is 5.75. The van der Waals surface area contributed by atoms with Gasteiger partial charge in [-0.2, -0.15) is 10.5 Å². The third kappa shape index (κ3) is 2.26. The summed E-state index contributed by atoms with van der Waals surface area (Å²) in [5.41, 5.74) is 3.04. The number of hydrogen-bond acceptors (Lipinski definition) is 2. The van der Waals surface area contributed by atoms with Crippen LogP contribution in [0.4, 0.5) is 0 Å². The Morgan fingerprint density at radius 1 is 1.06 bits per heavy atom. The summed E-state index contributed by atoms with van der Waals surface area (Å²) >= 11 is 0. The molecule has 1 unspecified atom stereocenters. The molecule has 1 aromatic carbocycles. The molecule has 3 heteroatoms. The van der Waals surface area contributed by atoms with Crippen molar-refractivity contribution in [3.05, 3.63) is 59.4 Å². The van der Waals surface area contributed by atoms with E-state index in [0.29, 0.717) is 0 Å². The molecule has 88 valence electrons. The maximum atomic E-state index is 9.12. The van der Waals surface area contributed by atoms with Gasteiger partial charge in [-0.25, -0.2) is 0 Å². The van der Waals surface area contributed by atoms with Crippen LogP contribution in [-0.4, -0.2) is 4.98 Å². The molecule has 3 nitrogen and oxygen atoms in total. The predicted octanol–water partition coefficient (Wildman–Crippen LogP) is 3.12. The van der Waals surface area contributed by atoms with E-state index in [1.807, 2.05) is 49.5 Å². The smallest absolute Gasteiger partial charge is 0.145 e. The van der Waals surface area contributed by atoms with Crippen molar-refractivity contribution in [3.63, 3.8) is 0 Å². The average molecular weight is 235 g/mol. The van der Waals surface area contributed by atoms with Crippen molar-refractivity contribution >= 4 is 0 Å². The van der Waals surface area contributed by atoms with Gasteiger partial charge in [0.1, 0.15) is 5.92 Å². The molecule has 2 rings (SSSR count). The van der Waals surface area contributed by atoms with Gasteiger partial charge in [0.2, 0.25) is 0 Å². The highest BCUT2D eigenvalue weighted by atomic mass is 14.7. The zero-order chi connectivity index (χ0) is 13.0. The van der Waals surface area contributed by atoms with Gasteiger partial charge < -0.3 is 4.98 Å². The highest BCUT2D eigenvalue weighted by Crippen LogP contribution is 2.30. The molecule has 1 atom stereocenters. The summed E-state index contributed by atoms with van der Waals surface area (Å²) in [7, 11) is 0. The molecule has 0 aliphatic rings. The van der Waals surface area contributed by atoms with Crippen LogP contribution in [-0.2, 0) is 0 Å². The molecule has 0 fully saturated rings. The van der Waals surface area contributed by atoms with Crippen molar-refractivity contribution in [1.82, 2.24) is 4.98 Å². The standard InChI is InChI=1S/C15H13N3/c1-11-4-6-12(7-5-11)15(13(9-16)10-17)14-3-2-8-18-14/h2-8,13,15,18H,1H3. The Balaban J connectivity index is 2.47. The molecule has 1 heterocycles. The van der Waals surface area contributed by atoms with Gasteiger partial charge in [-0.15, -0.1) is 0 Å². The summed E-state index contributed by atoms with van der Waals surface area (Å²) in [5.74, 6) is -0.915. The lowest BCUT2D eigenvalue weighted by Crippen LogP contribution is -2.11. The highest BCUT2D eigenvalue weighted by molar-refractivity contribution is 5.35. The van der Waals surface area contributed by atoms with Crippen molar-refractivity contribution in [1.29, 1.82) is 10.5 Å². The minimum Gasteiger partial charge on any atom is -0.364 e. The molecule has 1 aromatic heterocycles. The Morgan fingerprint density at radius 2 is 1.72 bits per heavy atom. The average Bonchev–Trinajstić information content (AvgIpc) is 2.91. The molecule has 0 aliphatic heterocycles. The number of aromatic nitrogens is 1. The Kier molecular flexibility index (Phi) is 3.46. The fourth-order valence-electron chi connectivity index (χ4n) is 2.04. The van der Waals surface area contributed by atoms with Crippen LogP contribution in [0.15, 0.2) is 42.6 Å². The number of nitrogens with one attached hydrogen (secondary N) is 1. The second kappa shape index (κ2) is 5.21. The summed E-state index contributed by atoms with van der Waals surface area (Å²) in [5, 5.41) is 18.2. The SMILES string of the molecule is Cc1ccc(C(c2ccc[nH]2)C(C#N)C#N)cc1. The fourth-order valence-corrected chi connectivity index (χ4v) is 2.04. The summed E-state index contributed by atoms with van der Waals surface area (Å²) in [6.45, 7) is 2.01. The Morgan fingerprint density at radius 3 is 2.22 bits per heavy atom. The molecule has 1 N–H and O–H groups in total. The zero-order valence-corrected chi connectivity index (χ0v) is 10.1. The van der Waals surface area contributed by atoms with E-state index in [-0.39, 0.29) is 5.92 Å². The first-order chi connectivity index (χ1) is 8.76. The van der Waals surface area contributed by atoms with E-state index in [1.54, 1.807) is 0 Å². The molecule has 18 heavy (non-hydrogen) atoms. The summed E-state index contributed by atoms with van der Waals surface area (Å²) in [6.07, 6.45) is 1.81. The normalized spacial score (nSPS) is 11.8. The quantitative estimate of drug-likeness (QED) is 0.888. The van der Waals surface area contributed by atoms with Crippen LogP contribution in [0.3, 0.4) is 0 Å². The van der Waals surface area contributed by atoms with Crippen LogP contribution in [0.5, 0.6) is 0 Å². The maximum Gasteiger partial charge on any atom is 0.145 e. The Hall–Kier alpha value is -2.52. The summed E-state index contributed by atoms with van der Waals surface area (Å²) in [4.78, 5) is 3.10. The van der Waals surface area contributed by atoms with E-state index in [9.17, 15) is 0 Å². The van der Waals surface area contributed by atoms with Gasteiger partial charge in [-0.05, 0) is 24.6 Å². The number of benzene rings is 1. The molecular formula is C15H13N3. The van der Waals surface area contributed by atoms with Gasteiger partial charge in [0.15, 0.2) is 0 Å². The molecule has 0 radical (unpaired) electrons. The number of rotatable bonds is 3. The van der Waals surface area contributed by atoms with Crippen LogP contribution in [0, 0.1) is 35.5 Å². The van der Waals surface area contributed by atoms with Gasteiger partial charge in [0.25, 0.3) is 0 Å². The molecular weight excluding hydrogens is 222 g/mol. The molecule has 0 saturated carbocycles. The summed E-state index contributed by atoms with van der Waals surface area (Å²) in [6, 6.07) is 15.9. The van der Waals surface area contributed by atoms with Crippen LogP contribution in [0.2, 0.25) is 0 Å². The van der Waals surface area contributed by atoms with Crippen molar-refractivity contribution in [2.24, 2.45) is 5.92 Å². The van der Waals surface area contributed by atoms with Gasteiger partial charge in [0.05, 0.1) is 18.1 Å². The minimum absolute atomic E-state index is 0.226. The topological polar surface area (TPSA) is 63.4 Å². The van der Waals surface area contributed by atoms with Crippen LogP contribution >= 0.6 is 0 Å². The number of aryl methyl sites for hydroxylation is 1. The van der Waals surface area contributed by atoms with E-state index >= 15 is 0 Å². The van der Waals surface area contributed by atoms with Gasteiger partial charge >= 0.3 is 0 Å². The minimum atomic E-state index is -0.689. The largest absolute Gasteiger partial charge is 0.364 e. The molecule has 0 aliphatic carbocycles. The lowest BCUT2D eigenvalue weighted by molar-refractivity contribution is 0.692. The van der Waals surface area contributed by atoms with Crippen LogP contribution in [0.25, 0.3) is 0 Å². The molecule has 0 saturated heterocycles. The van der Waals surface area contributed by atoms with Gasteiger partial charge in [-0.1, -0.05) is 29.8 Å². The molecule has 0 amide bonds. The molecule has 2 aromatic rings. The Labute approximate surface area is 106 Å². The lowest BCUT2D eigenvalue weighted by Gasteiger charge is -2.17. The van der Waals surface area contributed by atoms with Crippen molar-refractivity contribution in [2.75, 3.05) is 0 Å². The third-order valence-corrected chi connectivity index (χ3v) is 3.01. The van der Waals surface area contributed by atoms with E-state index < -0.39 is 5.92 Å². The van der Waals surface area contributed by atoms with Crippen molar-refractivity contribution in [2.45, 2.75) is 12.8 Å². The van der Waals surface area contributed by atoms with Gasteiger partial charge in [0, 0.05) is 11.9 Å². The van der Waals surface area contributed by atoms with Crippen molar-refractivity contribution < 1.29 is 0 Å². The fraction of sp³-hybridized carbons (Fsp3) is 0.200. The first-order valence-corrected chi connectivity index (χ1v) is 5.75. The second-order valence-electron chi connectivity index (χ2n) is 4.25. The number of nitrogens with zero attached hydrogens (tertiary/aromatic N) is 2. The number of aromatic amines is 1. The Bertz CT molecular complexity index is 568. The van der Waals surface area contributed by atoms with Crippen LogP contribution < -0.4 is 0 Å². The third-order valence-electron chi connectivity index (χ3n) is 3.01.